The van der Waals surface area contributed by atoms with Gasteiger partial charge in [-0.1, -0.05) is 29.3 Å². The molecule has 0 saturated heterocycles. The molecule has 0 aliphatic heterocycles. The minimum atomic E-state index is -0.970. The van der Waals surface area contributed by atoms with Gasteiger partial charge in [-0.3, -0.25) is 0 Å². The van der Waals surface area contributed by atoms with Gasteiger partial charge in [0, 0.05) is 15.4 Å². The summed E-state index contributed by atoms with van der Waals surface area (Å²) in [7, 11) is 0. The van der Waals surface area contributed by atoms with Crippen LogP contribution in [0, 0.1) is 0 Å². The average Bonchev–Trinajstić information content (AvgIpc) is 2.16. The first kappa shape index (κ1) is 10.3. The van der Waals surface area contributed by atoms with E-state index in [1.807, 2.05) is 0 Å². The predicted octanol–water partition coefficient (Wildman–Crippen LogP) is 3.84. The average molecular weight is 241 g/mol. The molecule has 0 atom stereocenters. The SMILES string of the molecule is O=C(O)c1ccc2cc(Cl)cc(Cl)c2c1. The third-order valence-electron chi connectivity index (χ3n) is 2.12. The van der Waals surface area contributed by atoms with Crippen LogP contribution in [0.15, 0.2) is 30.3 Å². The van der Waals surface area contributed by atoms with Gasteiger partial charge in [0.1, 0.15) is 0 Å². The van der Waals surface area contributed by atoms with Crippen LogP contribution in [-0.4, -0.2) is 11.1 Å². The molecule has 0 amide bonds. The highest BCUT2D eigenvalue weighted by Gasteiger charge is 2.06. The Kier molecular flexibility index (Phi) is 2.55. The first-order valence-electron chi connectivity index (χ1n) is 4.20. The van der Waals surface area contributed by atoms with Crippen LogP contribution in [0.3, 0.4) is 0 Å². The Balaban J connectivity index is 2.76. The Morgan fingerprint density at radius 2 is 1.87 bits per heavy atom. The van der Waals surface area contributed by atoms with Crippen LogP contribution < -0.4 is 0 Å². The van der Waals surface area contributed by atoms with E-state index in [1.165, 1.54) is 12.1 Å². The number of aromatic carboxylic acids is 1. The molecule has 2 nitrogen and oxygen atoms in total. The molecule has 2 rings (SSSR count). The molecule has 76 valence electrons. The van der Waals surface area contributed by atoms with E-state index >= 15 is 0 Å². The van der Waals surface area contributed by atoms with Gasteiger partial charge in [0.2, 0.25) is 0 Å². The molecule has 0 aromatic heterocycles. The van der Waals surface area contributed by atoms with Crippen molar-refractivity contribution in [2.45, 2.75) is 0 Å². The van der Waals surface area contributed by atoms with Gasteiger partial charge in [-0.25, -0.2) is 4.79 Å². The Hall–Kier alpha value is -1.25. The Morgan fingerprint density at radius 1 is 1.13 bits per heavy atom. The quantitative estimate of drug-likeness (QED) is 0.823. The topological polar surface area (TPSA) is 37.3 Å². The number of fused-ring (bicyclic) bond motifs is 1. The second-order valence-corrected chi connectivity index (χ2v) is 3.97. The van der Waals surface area contributed by atoms with Crippen molar-refractivity contribution in [1.29, 1.82) is 0 Å². The van der Waals surface area contributed by atoms with Crippen LogP contribution in [0.5, 0.6) is 0 Å². The van der Waals surface area contributed by atoms with E-state index < -0.39 is 5.97 Å². The van der Waals surface area contributed by atoms with Gasteiger partial charge in [-0.2, -0.15) is 0 Å². The van der Waals surface area contributed by atoms with E-state index in [-0.39, 0.29) is 5.56 Å². The molecule has 0 saturated carbocycles. The van der Waals surface area contributed by atoms with Crippen molar-refractivity contribution >= 4 is 39.9 Å². The number of halogens is 2. The van der Waals surface area contributed by atoms with Gasteiger partial charge >= 0.3 is 5.97 Å². The van der Waals surface area contributed by atoms with Gasteiger partial charge in [0.15, 0.2) is 0 Å². The minimum Gasteiger partial charge on any atom is -0.478 e. The lowest BCUT2D eigenvalue weighted by Crippen LogP contribution is -1.95. The first-order chi connectivity index (χ1) is 7.08. The minimum absolute atomic E-state index is 0.215. The molecule has 4 heteroatoms. The maximum atomic E-state index is 10.8. The molecule has 0 bridgehead atoms. The largest absolute Gasteiger partial charge is 0.478 e. The maximum Gasteiger partial charge on any atom is 0.335 e. The highest BCUT2D eigenvalue weighted by atomic mass is 35.5. The Morgan fingerprint density at radius 3 is 2.53 bits per heavy atom. The van der Waals surface area contributed by atoms with Crippen LogP contribution >= 0.6 is 23.2 Å². The zero-order valence-electron chi connectivity index (χ0n) is 7.50. The molecular weight excluding hydrogens is 235 g/mol. The zero-order valence-corrected chi connectivity index (χ0v) is 9.01. The number of hydrogen-bond acceptors (Lipinski definition) is 1. The molecule has 0 radical (unpaired) electrons. The fourth-order valence-electron chi connectivity index (χ4n) is 1.41. The van der Waals surface area contributed by atoms with Crippen LogP contribution in [0.4, 0.5) is 0 Å². The van der Waals surface area contributed by atoms with Crippen molar-refractivity contribution in [1.82, 2.24) is 0 Å². The van der Waals surface area contributed by atoms with Crippen molar-refractivity contribution in [2.75, 3.05) is 0 Å². The standard InChI is InChI=1S/C11H6Cl2O2/c12-8-3-6-1-2-7(11(14)15)4-9(6)10(13)5-8/h1-5H,(H,14,15). The first-order valence-corrected chi connectivity index (χ1v) is 4.95. The molecule has 0 heterocycles. The van der Waals surface area contributed by atoms with E-state index in [2.05, 4.69) is 0 Å². The van der Waals surface area contributed by atoms with E-state index in [4.69, 9.17) is 28.3 Å². The second-order valence-electron chi connectivity index (χ2n) is 3.13. The van der Waals surface area contributed by atoms with E-state index in [9.17, 15) is 4.79 Å². The predicted molar refractivity (Wildman–Crippen MR) is 60.9 cm³/mol. The fourth-order valence-corrected chi connectivity index (χ4v) is 1.97. The number of carboxylic acids is 1. The highest BCUT2D eigenvalue weighted by molar-refractivity contribution is 6.38. The van der Waals surface area contributed by atoms with Crippen molar-refractivity contribution < 1.29 is 9.90 Å². The van der Waals surface area contributed by atoms with Gasteiger partial charge < -0.3 is 5.11 Å². The maximum absolute atomic E-state index is 10.8. The number of carbonyl (C=O) groups is 1. The molecule has 0 unspecified atom stereocenters. The molecule has 0 aliphatic rings. The lowest BCUT2D eigenvalue weighted by atomic mass is 10.1. The molecule has 0 spiro atoms. The lowest BCUT2D eigenvalue weighted by molar-refractivity contribution is 0.0697. The summed E-state index contributed by atoms with van der Waals surface area (Å²) in [5.74, 6) is -0.970. The van der Waals surface area contributed by atoms with Crippen molar-refractivity contribution in [3.05, 3.63) is 45.9 Å². The summed E-state index contributed by atoms with van der Waals surface area (Å²) in [5.41, 5.74) is 0.215. The van der Waals surface area contributed by atoms with Crippen LogP contribution in [0.2, 0.25) is 10.0 Å². The van der Waals surface area contributed by atoms with Crippen LogP contribution in [0.1, 0.15) is 10.4 Å². The molecule has 15 heavy (non-hydrogen) atoms. The number of benzene rings is 2. The summed E-state index contributed by atoms with van der Waals surface area (Å²) in [6.45, 7) is 0. The van der Waals surface area contributed by atoms with Gasteiger partial charge in [0.05, 0.1) is 5.56 Å². The summed E-state index contributed by atoms with van der Waals surface area (Å²) in [6, 6.07) is 8.09. The Labute approximate surface area is 96.0 Å². The van der Waals surface area contributed by atoms with Gasteiger partial charge in [-0.15, -0.1) is 0 Å². The summed E-state index contributed by atoms with van der Waals surface area (Å²) in [5, 5.41) is 11.3. The molecule has 0 aliphatic carbocycles. The molecule has 0 fully saturated rings. The zero-order chi connectivity index (χ0) is 11.0. The number of rotatable bonds is 1. The second kappa shape index (κ2) is 3.72. The molecule has 2 aromatic rings. The normalized spacial score (nSPS) is 10.5. The van der Waals surface area contributed by atoms with Gasteiger partial charge in [0.25, 0.3) is 0 Å². The summed E-state index contributed by atoms with van der Waals surface area (Å²) < 4.78 is 0. The van der Waals surface area contributed by atoms with E-state index in [1.54, 1.807) is 18.2 Å². The fraction of sp³-hybridized carbons (Fsp3) is 0. The smallest absolute Gasteiger partial charge is 0.335 e. The monoisotopic (exact) mass is 240 g/mol. The van der Waals surface area contributed by atoms with Crippen molar-refractivity contribution in [3.8, 4) is 0 Å². The number of carboxylic acid groups (broad SMARTS) is 1. The summed E-state index contributed by atoms with van der Waals surface area (Å²) in [4.78, 5) is 10.8. The molecular formula is C11H6Cl2O2. The summed E-state index contributed by atoms with van der Waals surface area (Å²) in [6.07, 6.45) is 0. The molecule has 2 aromatic carbocycles. The highest BCUT2D eigenvalue weighted by Crippen LogP contribution is 2.28. The molecule has 1 N–H and O–H groups in total. The van der Waals surface area contributed by atoms with E-state index in [0.29, 0.717) is 15.4 Å². The Bertz CT molecular complexity index is 550. The van der Waals surface area contributed by atoms with Crippen molar-refractivity contribution in [3.63, 3.8) is 0 Å². The van der Waals surface area contributed by atoms with Crippen LogP contribution in [0.25, 0.3) is 10.8 Å². The van der Waals surface area contributed by atoms with E-state index in [0.717, 1.165) is 5.39 Å². The van der Waals surface area contributed by atoms with Crippen LogP contribution in [-0.2, 0) is 0 Å². The van der Waals surface area contributed by atoms with Gasteiger partial charge in [-0.05, 0) is 29.7 Å². The third kappa shape index (κ3) is 1.91. The number of hydrogen-bond donors (Lipinski definition) is 1. The summed E-state index contributed by atoms with van der Waals surface area (Å²) >= 11 is 11.8. The lowest BCUT2D eigenvalue weighted by Gasteiger charge is -2.03. The third-order valence-corrected chi connectivity index (χ3v) is 2.65. The van der Waals surface area contributed by atoms with Crippen molar-refractivity contribution in [2.24, 2.45) is 0 Å².